The Hall–Kier alpha value is -2.05. The van der Waals surface area contributed by atoms with Crippen LogP contribution in [0.2, 0.25) is 0 Å². The number of phenolic OH excluding ortho intramolecular Hbond substituents is 1. The SMILES string of the molecule is COc1ccc(-c2nccn2[C@H]2COC[C@@H]2OC)cc1O. The molecule has 0 aliphatic carbocycles. The lowest BCUT2D eigenvalue weighted by atomic mass is 10.1. The van der Waals surface area contributed by atoms with Gasteiger partial charge < -0.3 is 23.9 Å². The van der Waals surface area contributed by atoms with Crippen LogP contribution in [-0.4, -0.2) is 48.2 Å². The summed E-state index contributed by atoms with van der Waals surface area (Å²) in [5, 5.41) is 9.93. The van der Waals surface area contributed by atoms with Gasteiger partial charge in [0.25, 0.3) is 0 Å². The highest BCUT2D eigenvalue weighted by Crippen LogP contribution is 2.33. The van der Waals surface area contributed by atoms with Crippen LogP contribution in [0.15, 0.2) is 30.6 Å². The van der Waals surface area contributed by atoms with Crippen molar-refractivity contribution in [3.8, 4) is 22.9 Å². The Morgan fingerprint density at radius 1 is 1.33 bits per heavy atom. The second-order valence-electron chi connectivity index (χ2n) is 4.92. The molecule has 1 aromatic carbocycles. The highest BCUT2D eigenvalue weighted by atomic mass is 16.5. The van der Waals surface area contributed by atoms with Crippen LogP contribution >= 0.6 is 0 Å². The topological polar surface area (TPSA) is 65.7 Å². The molecule has 2 atom stereocenters. The predicted octanol–water partition coefficient (Wildman–Crippen LogP) is 1.85. The normalized spacial score (nSPS) is 21.6. The highest BCUT2D eigenvalue weighted by Gasteiger charge is 2.31. The van der Waals surface area contributed by atoms with Crippen LogP contribution < -0.4 is 4.74 Å². The number of ether oxygens (including phenoxy) is 3. The van der Waals surface area contributed by atoms with E-state index in [9.17, 15) is 5.11 Å². The Balaban J connectivity index is 1.97. The van der Waals surface area contributed by atoms with Crippen LogP contribution in [0, 0.1) is 0 Å². The van der Waals surface area contributed by atoms with Gasteiger partial charge in [0.1, 0.15) is 11.9 Å². The number of rotatable bonds is 4. The van der Waals surface area contributed by atoms with Gasteiger partial charge in [0.05, 0.1) is 26.4 Å². The number of aromatic hydroxyl groups is 1. The number of aromatic nitrogens is 2. The molecule has 112 valence electrons. The van der Waals surface area contributed by atoms with Gasteiger partial charge in [-0.25, -0.2) is 4.98 Å². The molecule has 21 heavy (non-hydrogen) atoms. The summed E-state index contributed by atoms with van der Waals surface area (Å²) in [6.07, 6.45) is 3.65. The van der Waals surface area contributed by atoms with Crippen molar-refractivity contribution in [2.75, 3.05) is 27.4 Å². The van der Waals surface area contributed by atoms with Crippen molar-refractivity contribution in [3.05, 3.63) is 30.6 Å². The van der Waals surface area contributed by atoms with E-state index in [0.29, 0.717) is 19.0 Å². The van der Waals surface area contributed by atoms with E-state index in [2.05, 4.69) is 4.98 Å². The van der Waals surface area contributed by atoms with Crippen LogP contribution in [0.3, 0.4) is 0 Å². The van der Waals surface area contributed by atoms with Crippen LogP contribution in [-0.2, 0) is 9.47 Å². The van der Waals surface area contributed by atoms with E-state index in [4.69, 9.17) is 14.2 Å². The van der Waals surface area contributed by atoms with Gasteiger partial charge in [-0.2, -0.15) is 0 Å². The molecule has 0 saturated carbocycles. The summed E-state index contributed by atoms with van der Waals surface area (Å²) in [4.78, 5) is 4.40. The summed E-state index contributed by atoms with van der Waals surface area (Å²) < 4.78 is 18.0. The van der Waals surface area contributed by atoms with Crippen molar-refractivity contribution in [2.45, 2.75) is 12.1 Å². The molecule has 0 bridgehead atoms. The van der Waals surface area contributed by atoms with Crippen LogP contribution in [0.5, 0.6) is 11.5 Å². The second-order valence-corrected chi connectivity index (χ2v) is 4.92. The van der Waals surface area contributed by atoms with Crippen LogP contribution in [0.4, 0.5) is 0 Å². The zero-order chi connectivity index (χ0) is 14.8. The van der Waals surface area contributed by atoms with Gasteiger partial charge >= 0.3 is 0 Å². The lowest BCUT2D eigenvalue weighted by Gasteiger charge is -2.20. The van der Waals surface area contributed by atoms with Gasteiger partial charge in [-0.15, -0.1) is 0 Å². The van der Waals surface area contributed by atoms with E-state index in [0.717, 1.165) is 11.4 Å². The number of hydrogen-bond donors (Lipinski definition) is 1. The molecule has 1 fully saturated rings. The molecule has 0 unspecified atom stereocenters. The van der Waals surface area contributed by atoms with Gasteiger partial charge in [-0.05, 0) is 18.2 Å². The average Bonchev–Trinajstić information content (AvgIpc) is 3.15. The quantitative estimate of drug-likeness (QED) is 0.931. The van der Waals surface area contributed by atoms with Crippen molar-refractivity contribution in [3.63, 3.8) is 0 Å². The summed E-state index contributed by atoms with van der Waals surface area (Å²) in [7, 11) is 3.21. The third kappa shape index (κ3) is 2.48. The minimum atomic E-state index is 0.00444. The van der Waals surface area contributed by atoms with Gasteiger partial charge in [0.15, 0.2) is 11.5 Å². The summed E-state index contributed by atoms with van der Waals surface area (Å²) >= 11 is 0. The first-order valence-electron chi connectivity index (χ1n) is 6.75. The fraction of sp³-hybridized carbons (Fsp3) is 0.400. The van der Waals surface area contributed by atoms with Crippen molar-refractivity contribution in [1.82, 2.24) is 9.55 Å². The third-order valence-electron chi connectivity index (χ3n) is 3.77. The van der Waals surface area contributed by atoms with Gasteiger partial charge in [-0.1, -0.05) is 0 Å². The van der Waals surface area contributed by atoms with E-state index in [1.165, 1.54) is 7.11 Å². The monoisotopic (exact) mass is 290 g/mol. The number of benzene rings is 1. The predicted molar refractivity (Wildman–Crippen MR) is 76.5 cm³/mol. The molecular weight excluding hydrogens is 272 g/mol. The third-order valence-corrected chi connectivity index (χ3v) is 3.77. The Morgan fingerprint density at radius 3 is 2.90 bits per heavy atom. The summed E-state index contributed by atoms with van der Waals surface area (Å²) in [6.45, 7) is 1.16. The number of phenols is 1. The van der Waals surface area contributed by atoms with Gasteiger partial charge in [0, 0.05) is 25.1 Å². The van der Waals surface area contributed by atoms with E-state index >= 15 is 0 Å². The second kappa shape index (κ2) is 5.75. The zero-order valence-corrected chi connectivity index (χ0v) is 12.0. The molecule has 0 amide bonds. The Morgan fingerprint density at radius 2 is 2.19 bits per heavy atom. The maximum atomic E-state index is 9.93. The van der Waals surface area contributed by atoms with Crippen LogP contribution in [0.25, 0.3) is 11.4 Å². The Labute approximate surface area is 122 Å². The molecule has 1 aliphatic heterocycles. The molecule has 2 aromatic rings. The number of hydrogen-bond acceptors (Lipinski definition) is 5. The molecule has 0 radical (unpaired) electrons. The summed E-state index contributed by atoms with van der Waals surface area (Å²) in [6, 6.07) is 5.32. The molecule has 1 aromatic heterocycles. The minimum absolute atomic E-state index is 0.00444. The minimum Gasteiger partial charge on any atom is -0.504 e. The molecular formula is C15H18N2O4. The number of imidazole rings is 1. The molecule has 6 heteroatoms. The first-order chi connectivity index (χ1) is 10.2. The highest BCUT2D eigenvalue weighted by molar-refractivity contribution is 5.61. The van der Waals surface area contributed by atoms with Crippen molar-refractivity contribution >= 4 is 0 Å². The van der Waals surface area contributed by atoms with Gasteiger partial charge in [-0.3, -0.25) is 0 Å². The summed E-state index contributed by atoms with van der Waals surface area (Å²) in [5.74, 6) is 1.30. The molecule has 1 saturated heterocycles. The number of nitrogens with zero attached hydrogens (tertiary/aromatic N) is 2. The maximum absolute atomic E-state index is 9.93. The molecule has 6 nitrogen and oxygen atoms in total. The van der Waals surface area contributed by atoms with E-state index in [1.54, 1.807) is 25.4 Å². The zero-order valence-electron chi connectivity index (χ0n) is 12.0. The standard InChI is InChI=1S/C15H18N2O4/c1-19-13-4-3-10(7-12(13)18)15-16-5-6-17(15)11-8-21-9-14(11)20-2/h3-7,11,14,18H,8-9H2,1-2H3/t11-,14-/m0/s1. The van der Waals surface area contributed by atoms with E-state index in [1.807, 2.05) is 16.8 Å². The Kier molecular flexibility index (Phi) is 3.81. The molecule has 2 heterocycles. The van der Waals surface area contributed by atoms with E-state index < -0.39 is 0 Å². The summed E-state index contributed by atoms with van der Waals surface area (Å²) in [5.41, 5.74) is 0.819. The maximum Gasteiger partial charge on any atom is 0.160 e. The lowest BCUT2D eigenvalue weighted by molar-refractivity contribution is 0.0688. The number of methoxy groups -OCH3 is 2. The van der Waals surface area contributed by atoms with Crippen molar-refractivity contribution < 1.29 is 19.3 Å². The molecule has 3 rings (SSSR count). The van der Waals surface area contributed by atoms with Crippen LogP contribution in [0.1, 0.15) is 6.04 Å². The smallest absolute Gasteiger partial charge is 0.160 e. The largest absolute Gasteiger partial charge is 0.504 e. The Bertz CT molecular complexity index is 626. The fourth-order valence-corrected chi connectivity index (χ4v) is 2.64. The first kappa shape index (κ1) is 13.9. The fourth-order valence-electron chi connectivity index (χ4n) is 2.64. The molecule has 0 spiro atoms. The van der Waals surface area contributed by atoms with E-state index in [-0.39, 0.29) is 17.9 Å². The van der Waals surface area contributed by atoms with Crippen molar-refractivity contribution in [1.29, 1.82) is 0 Å². The first-order valence-corrected chi connectivity index (χ1v) is 6.75. The average molecular weight is 290 g/mol. The lowest BCUT2D eigenvalue weighted by Crippen LogP contribution is -2.24. The van der Waals surface area contributed by atoms with Crippen molar-refractivity contribution in [2.24, 2.45) is 0 Å². The van der Waals surface area contributed by atoms with Gasteiger partial charge in [0.2, 0.25) is 0 Å². The molecule has 1 aliphatic rings. The molecule has 1 N–H and O–H groups in total.